The van der Waals surface area contributed by atoms with Gasteiger partial charge in [0.2, 0.25) is 0 Å². The predicted molar refractivity (Wildman–Crippen MR) is 90.7 cm³/mol. The molecule has 2 atom stereocenters. The molecule has 3 heteroatoms. The van der Waals surface area contributed by atoms with Gasteiger partial charge in [0.1, 0.15) is 0 Å². The van der Waals surface area contributed by atoms with E-state index in [2.05, 4.69) is 53.7 Å². The molecule has 104 valence electrons. The van der Waals surface area contributed by atoms with Crippen molar-refractivity contribution in [2.75, 3.05) is 0 Å². The topological polar surface area (TPSA) is 0 Å². The molecule has 19 heavy (non-hydrogen) atoms. The SMILES string of the molecule is CC1=C(C)C(C)[C-]=[C]1[GeH3].CC1=C(C)C(C)[C-]=[C]1[GeH3].[H-].[H-].[Zr+4]. The van der Waals surface area contributed by atoms with Crippen molar-refractivity contribution in [3.8, 4) is 0 Å². The quantitative estimate of drug-likeness (QED) is 0.387. The van der Waals surface area contributed by atoms with Gasteiger partial charge in [-0.1, -0.05) is 0 Å². The van der Waals surface area contributed by atoms with Gasteiger partial charge < -0.3 is 2.85 Å². The van der Waals surface area contributed by atoms with Crippen LogP contribution in [0.3, 0.4) is 0 Å². The molecule has 0 radical (unpaired) electrons. The third-order valence-corrected chi connectivity index (χ3v) is 8.83. The van der Waals surface area contributed by atoms with Crippen LogP contribution in [0.5, 0.6) is 0 Å². The third kappa shape index (κ3) is 5.00. The second-order valence-electron chi connectivity index (χ2n) is 5.60. The third-order valence-electron chi connectivity index (χ3n) is 4.47. The van der Waals surface area contributed by atoms with Gasteiger partial charge in [0.25, 0.3) is 0 Å². The molecule has 0 aliphatic heterocycles. The second kappa shape index (κ2) is 8.39. The molecule has 0 aromatic heterocycles. The summed E-state index contributed by atoms with van der Waals surface area (Å²) >= 11 is 1.65. The molecule has 0 N–H and O–H groups in total. The van der Waals surface area contributed by atoms with E-state index < -0.39 is 0 Å². The van der Waals surface area contributed by atoms with E-state index in [-0.39, 0.29) is 29.1 Å². The van der Waals surface area contributed by atoms with Crippen LogP contribution >= 0.6 is 0 Å². The van der Waals surface area contributed by atoms with Crippen LogP contribution in [0.15, 0.2) is 31.1 Å². The summed E-state index contributed by atoms with van der Waals surface area (Å²) in [6.07, 6.45) is 6.88. The average molecular weight is 457 g/mol. The summed E-state index contributed by atoms with van der Waals surface area (Å²) in [6, 6.07) is 0. The van der Waals surface area contributed by atoms with Crippen molar-refractivity contribution in [3.63, 3.8) is 0 Å². The molecule has 0 saturated heterocycles. The molecule has 2 aliphatic rings. The van der Waals surface area contributed by atoms with Gasteiger partial charge in [-0.3, -0.25) is 0 Å². The summed E-state index contributed by atoms with van der Waals surface area (Å²) in [5.41, 5.74) is 6.08. The summed E-state index contributed by atoms with van der Waals surface area (Å²) in [5, 5.41) is 0. The second-order valence-corrected chi connectivity index (χ2v) is 9.79. The standard InChI is InChI=1S/2C8H13Ge.Zr.2H/c2*1-5-4-8(9)7(3)6(5)2;;;/h2*5H,1-3,9H3;;;/q2*-1;+4;2*-1. The van der Waals surface area contributed by atoms with Crippen LogP contribution in [0.2, 0.25) is 0 Å². The zero-order chi connectivity index (χ0) is 14.0. The van der Waals surface area contributed by atoms with Crippen LogP contribution < -0.4 is 0 Å². The van der Waals surface area contributed by atoms with Crippen molar-refractivity contribution in [1.29, 1.82) is 0 Å². The molecule has 0 nitrogen and oxygen atoms in total. The van der Waals surface area contributed by atoms with E-state index in [4.69, 9.17) is 0 Å². The number of rotatable bonds is 0. The number of hydrogen-bond donors (Lipinski definition) is 0. The van der Waals surface area contributed by atoms with Crippen molar-refractivity contribution in [2.45, 2.75) is 41.5 Å². The van der Waals surface area contributed by atoms with Gasteiger partial charge in [-0.2, -0.15) is 0 Å². The van der Waals surface area contributed by atoms with Crippen molar-refractivity contribution in [3.05, 3.63) is 43.3 Å². The van der Waals surface area contributed by atoms with Crippen LogP contribution in [0, 0.1) is 24.0 Å². The summed E-state index contributed by atoms with van der Waals surface area (Å²) in [5.74, 6) is 1.21. The predicted octanol–water partition coefficient (Wildman–Crippen LogP) is 2.27. The Balaban J connectivity index is -0.000000270. The fourth-order valence-corrected chi connectivity index (χ4v) is 5.80. The Kier molecular flexibility index (Phi) is 8.80. The van der Waals surface area contributed by atoms with Crippen LogP contribution in [-0.2, 0) is 26.2 Å². The first-order valence-corrected chi connectivity index (χ1v) is 11.0. The first-order chi connectivity index (χ1) is 8.25. The molecule has 0 bridgehead atoms. The smallest absolute Gasteiger partial charge is 1.00 e. The van der Waals surface area contributed by atoms with Gasteiger partial charge in [0.05, 0.1) is 0 Å². The Morgan fingerprint density at radius 1 is 0.789 bits per heavy atom. The van der Waals surface area contributed by atoms with Gasteiger partial charge in [0, 0.05) is 0 Å². The van der Waals surface area contributed by atoms with Crippen LogP contribution in [0.25, 0.3) is 0 Å². The molecule has 0 saturated carbocycles. The molecule has 2 rings (SSSR count). The first-order valence-electron chi connectivity index (χ1n) is 6.81. The van der Waals surface area contributed by atoms with Crippen molar-refractivity contribution >= 4 is 33.0 Å². The Hall–Kier alpha value is 0.929. The summed E-state index contributed by atoms with van der Waals surface area (Å²) < 4.78 is 3.04. The molecular weight excluding hydrogens is 429 g/mol. The maximum Gasteiger partial charge on any atom is 4.00 e. The van der Waals surface area contributed by atoms with Crippen LogP contribution in [0.1, 0.15) is 44.4 Å². The Morgan fingerprint density at radius 2 is 1.05 bits per heavy atom. The van der Waals surface area contributed by atoms with Gasteiger partial charge in [0.15, 0.2) is 0 Å². The molecule has 0 amide bonds. The normalized spacial score (nSPS) is 26.0. The maximum absolute atomic E-state index is 3.44. The number of hydrogen-bond acceptors (Lipinski definition) is 0. The fourth-order valence-electron chi connectivity index (χ4n) is 2.32. The van der Waals surface area contributed by atoms with E-state index in [0.29, 0.717) is 11.8 Å². The van der Waals surface area contributed by atoms with Gasteiger partial charge in [-0.15, -0.1) is 0 Å². The Bertz CT molecular complexity index is 433. The minimum absolute atomic E-state index is 0. The fraction of sp³-hybridized carbons (Fsp3) is 0.500. The zero-order valence-corrected chi connectivity index (χ0v) is 24.5. The first kappa shape index (κ1) is 19.9. The van der Waals surface area contributed by atoms with Crippen molar-refractivity contribution in [2.24, 2.45) is 11.8 Å². The molecule has 0 aromatic carbocycles. The van der Waals surface area contributed by atoms with E-state index in [1.165, 1.54) is 31.1 Å². The van der Waals surface area contributed by atoms with Gasteiger partial charge >= 0.3 is 156 Å². The van der Waals surface area contributed by atoms with E-state index in [1.54, 1.807) is 0 Å². The van der Waals surface area contributed by atoms with E-state index in [9.17, 15) is 0 Å². The zero-order valence-electron chi connectivity index (χ0n) is 15.7. The molecule has 0 aromatic rings. The van der Waals surface area contributed by atoms with Crippen LogP contribution in [-0.4, -0.2) is 33.0 Å². The molecule has 0 spiro atoms. The largest absolute Gasteiger partial charge is 4.00 e. The monoisotopic (exact) mass is 458 g/mol. The van der Waals surface area contributed by atoms with Crippen LogP contribution in [0.4, 0.5) is 0 Å². The minimum Gasteiger partial charge on any atom is -1.00 e. The van der Waals surface area contributed by atoms with Crippen molar-refractivity contribution < 1.29 is 29.1 Å². The van der Waals surface area contributed by atoms with Gasteiger partial charge in [-0.05, 0) is 0 Å². The van der Waals surface area contributed by atoms with Gasteiger partial charge in [-0.25, -0.2) is 0 Å². The van der Waals surface area contributed by atoms with E-state index in [0.717, 1.165) is 33.0 Å². The number of allylic oxidation sites excluding steroid dienone is 8. The average Bonchev–Trinajstić information content (AvgIpc) is 2.66. The summed E-state index contributed by atoms with van der Waals surface area (Å²) in [6.45, 7) is 13.3. The Labute approximate surface area is 157 Å². The molecule has 2 unspecified atom stereocenters. The van der Waals surface area contributed by atoms with Crippen molar-refractivity contribution in [1.82, 2.24) is 0 Å². The van der Waals surface area contributed by atoms with E-state index >= 15 is 0 Å². The molecule has 0 fully saturated rings. The minimum atomic E-state index is 0. The molecule has 2 aliphatic carbocycles. The maximum atomic E-state index is 3.44. The van der Waals surface area contributed by atoms with E-state index in [1.807, 2.05) is 0 Å². The Morgan fingerprint density at radius 3 is 1.11 bits per heavy atom. The molecular formula is C16H28Ge2Zr. The summed E-state index contributed by atoms with van der Waals surface area (Å²) in [7, 11) is 0. The molecule has 0 heterocycles. The summed E-state index contributed by atoms with van der Waals surface area (Å²) in [4.78, 5) is 0.